The minimum atomic E-state index is 0.246. The predicted octanol–water partition coefficient (Wildman–Crippen LogP) is 2.46. The maximum absolute atomic E-state index is 4.42. The average molecular weight is 250 g/mol. The molecule has 4 nitrogen and oxygen atoms in total. The molecule has 0 aliphatic carbocycles. The van der Waals surface area contributed by atoms with E-state index < -0.39 is 0 Å². The molecule has 0 saturated carbocycles. The summed E-state index contributed by atoms with van der Waals surface area (Å²) in [7, 11) is 2.03. The molecule has 0 aromatic carbocycles. The Morgan fingerprint density at radius 1 is 1.22 bits per heavy atom. The summed E-state index contributed by atoms with van der Waals surface area (Å²) in [6.45, 7) is 12.7. The second kappa shape index (κ2) is 6.14. The van der Waals surface area contributed by atoms with Crippen molar-refractivity contribution < 1.29 is 0 Å². The van der Waals surface area contributed by atoms with Gasteiger partial charge in [0.05, 0.1) is 0 Å². The first kappa shape index (κ1) is 14.9. The molecule has 1 rings (SSSR count). The Hall–Kier alpha value is -1.16. The summed E-state index contributed by atoms with van der Waals surface area (Å²) in [5.41, 5.74) is 1.37. The van der Waals surface area contributed by atoms with E-state index in [0.717, 1.165) is 24.6 Å². The van der Waals surface area contributed by atoms with Crippen LogP contribution in [0, 0.1) is 5.41 Å². The largest absolute Gasteiger partial charge is 0.343 e. The van der Waals surface area contributed by atoms with Crippen molar-refractivity contribution in [3.05, 3.63) is 18.0 Å². The van der Waals surface area contributed by atoms with Crippen LogP contribution in [0.25, 0.3) is 0 Å². The van der Waals surface area contributed by atoms with Gasteiger partial charge in [0, 0.05) is 44.1 Å². The minimum absolute atomic E-state index is 0.246. The first-order chi connectivity index (χ1) is 8.28. The van der Waals surface area contributed by atoms with Gasteiger partial charge in [-0.25, -0.2) is 9.97 Å². The van der Waals surface area contributed by atoms with Crippen molar-refractivity contribution in [3.8, 4) is 0 Å². The number of nitrogens with zero attached hydrogens (tertiary/aromatic N) is 3. The highest BCUT2D eigenvalue weighted by molar-refractivity contribution is 5.28. The van der Waals surface area contributed by atoms with Crippen LogP contribution in [0.5, 0.6) is 0 Å². The fraction of sp³-hybridized carbons (Fsp3) is 0.714. The zero-order valence-corrected chi connectivity index (χ0v) is 12.5. The molecule has 0 atom stereocenters. The number of rotatable bonds is 5. The Morgan fingerprint density at radius 2 is 1.78 bits per heavy atom. The van der Waals surface area contributed by atoms with Crippen molar-refractivity contribution in [2.24, 2.45) is 5.41 Å². The molecule has 0 aliphatic heterocycles. The molecule has 1 N–H and O–H groups in total. The third-order valence-corrected chi connectivity index (χ3v) is 2.46. The highest BCUT2D eigenvalue weighted by atomic mass is 15.2. The molecule has 0 fully saturated rings. The SMILES string of the molecule is CC(C)NCc1cnc(N(C)CC(C)(C)C)nc1. The summed E-state index contributed by atoms with van der Waals surface area (Å²) in [6, 6.07) is 0.480. The van der Waals surface area contributed by atoms with Gasteiger partial charge in [0.15, 0.2) is 0 Å². The second-order valence-electron chi connectivity index (χ2n) is 6.34. The van der Waals surface area contributed by atoms with Crippen LogP contribution in [-0.4, -0.2) is 29.6 Å². The smallest absolute Gasteiger partial charge is 0.225 e. The summed E-state index contributed by atoms with van der Waals surface area (Å²) in [6.07, 6.45) is 3.80. The number of aromatic nitrogens is 2. The van der Waals surface area contributed by atoms with Gasteiger partial charge in [-0.3, -0.25) is 0 Å². The maximum Gasteiger partial charge on any atom is 0.225 e. The van der Waals surface area contributed by atoms with Crippen LogP contribution < -0.4 is 10.2 Å². The zero-order valence-electron chi connectivity index (χ0n) is 12.5. The molecule has 0 radical (unpaired) electrons. The molecule has 1 heterocycles. The van der Waals surface area contributed by atoms with Crippen LogP contribution >= 0.6 is 0 Å². The number of anilines is 1. The topological polar surface area (TPSA) is 41.1 Å². The van der Waals surface area contributed by atoms with E-state index >= 15 is 0 Å². The second-order valence-corrected chi connectivity index (χ2v) is 6.34. The fourth-order valence-corrected chi connectivity index (χ4v) is 1.74. The van der Waals surface area contributed by atoms with Gasteiger partial charge < -0.3 is 10.2 Å². The van der Waals surface area contributed by atoms with Gasteiger partial charge in [-0.2, -0.15) is 0 Å². The Balaban J connectivity index is 2.59. The third-order valence-electron chi connectivity index (χ3n) is 2.46. The first-order valence-electron chi connectivity index (χ1n) is 6.53. The van der Waals surface area contributed by atoms with Crippen LogP contribution in [0.15, 0.2) is 12.4 Å². The van der Waals surface area contributed by atoms with E-state index in [0.29, 0.717) is 6.04 Å². The average Bonchev–Trinajstić information content (AvgIpc) is 2.24. The van der Waals surface area contributed by atoms with Gasteiger partial charge in [-0.15, -0.1) is 0 Å². The highest BCUT2D eigenvalue weighted by Gasteiger charge is 2.15. The van der Waals surface area contributed by atoms with Gasteiger partial charge in [-0.1, -0.05) is 34.6 Å². The fourth-order valence-electron chi connectivity index (χ4n) is 1.74. The van der Waals surface area contributed by atoms with Crippen LogP contribution in [0.4, 0.5) is 5.95 Å². The lowest BCUT2D eigenvalue weighted by Gasteiger charge is -2.26. The lowest BCUT2D eigenvalue weighted by atomic mass is 9.96. The van der Waals surface area contributed by atoms with Gasteiger partial charge in [-0.05, 0) is 5.41 Å². The molecule has 0 bridgehead atoms. The van der Waals surface area contributed by atoms with Crippen LogP contribution in [0.2, 0.25) is 0 Å². The van der Waals surface area contributed by atoms with Crippen LogP contribution in [0.3, 0.4) is 0 Å². The molecule has 1 aromatic rings. The molecule has 0 aliphatic rings. The van der Waals surface area contributed by atoms with Crippen molar-refractivity contribution in [2.75, 3.05) is 18.5 Å². The summed E-state index contributed by atoms with van der Waals surface area (Å²) < 4.78 is 0. The quantitative estimate of drug-likeness (QED) is 0.871. The Morgan fingerprint density at radius 3 is 2.22 bits per heavy atom. The molecule has 0 spiro atoms. The molecule has 102 valence electrons. The van der Waals surface area contributed by atoms with E-state index in [2.05, 4.69) is 54.8 Å². The Bertz CT molecular complexity index is 351. The normalized spacial score (nSPS) is 11.9. The predicted molar refractivity (Wildman–Crippen MR) is 76.7 cm³/mol. The lowest BCUT2D eigenvalue weighted by Crippen LogP contribution is -2.30. The van der Waals surface area contributed by atoms with Crippen molar-refractivity contribution in [2.45, 2.75) is 47.2 Å². The molecular formula is C14H26N4. The molecule has 4 heteroatoms. The van der Waals surface area contributed by atoms with Gasteiger partial charge >= 0.3 is 0 Å². The van der Waals surface area contributed by atoms with Crippen molar-refractivity contribution in [1.29, 1.82) is 0 Å². The van der Waals surface area contributed by atoms with E-state index in [1.807, 2.05) is 19.4 Å². The van der Waals surface area contributed by atoms with Gasteiger partial charge in [0.25, 0.3) is 0 Å². The molecule has 1 aromatic heterocycles. The molecule has 0 saturated heterocycles. The van der Waals surface area contributed by atoms with E-state index in [1.165, 1.54) is 0 Å². The minimum Gasteiger partial charge on any atom is -0.343 e. The summed E-state index contributed by atoms with van der Waals surface area (Å²) in [5, 5.41) is 3.36. The third kappa shape index (κ3) is 5.45. The molecular weight excluding hydrogens is 224 g/mol. The summed E-state index contributed by atoms with van der Waals surface area (Å²) in [4.78, 5) is 10.9. The first-order valence-corrected chi connectivity index (χ1v) is 6.53. The van der Waals surface area contributed by atoms with Crippen molar-refractivity contribution in [1.82, 2.24) is 15.3 Å². The number of hydrogen-bond acceptors (Lipinski definition) is 4. The molecule has 0 amide bonds. The number of nitrogens with one attached hydrogen (secondary N) is 1. The molecule has 0 unspecified atom stereocenters. The van der Waals surface area contributed by atoms with Crippen LogP contribution in [-0.2, 0) is 6.54 Å². The molecule has 18 heavy (non-hydrogen) atoms. The van der Waals surface area contributed by atoms with Crippen molar-refractivity contribution >= 4 is 5.95 Å². The maximum atomic E-state index is 4.42. The Labute approximate surface area is 111 Å². The van der Waals surface area contributed by atoms with Gasteiger partial charge in [0.1, 0.15) is 0 Å². The van der Waals surface area contributed by atoms with E-state index in [1.54, 1.807) is 0 Å². The summed E-state index contributed by atoms with van der Waals surface area (Å²) >= 11 is 0. The monoisotopic (exact) mass is 250 g/mol. The van der Waals surface area contributed by atoms with Gasteiger partial charge in [0.2, 0.25) is 5.95 Å². The van der Waals surface area contributed by atoms with Crippen LogP contribution in [0.1, 0.15) is 40.2 Å². The summed E-state index contributed by atoms with van der Waals surface area (Å²) in [5.74, 6) is 0.790. The lowest BCUT2D eigenvalue weighted by molar-refractivity contribution is 0.416. The number of hydrogen-bond donors (Lipinski definition) is 1. The van der Waals surface area contributed by atoms with E-state index in [4.69, 9.17) is 0 Å². The standard InChI is InChI=1S/C14H26N4/c1-11(2)15-7-12-8-16-13(17-9-12)18(6)10-14(3,4)5/h8-9,11,15H,7,10H2,1-6H3. The highest BCUT2D eigenvalue weighted by Crippen LogP contribution is 2.17. The zero-order chi connectivity index (χ0) is 13.8. The van der Waals surface area contributed by atoms with E-state index in [-0.39, 0.29) is 5.41 Å². The Kier molecular flexibility index (Phi) is 5.08. The van der Waals surface area contributed by atoms with E-state index in [9.17, 15) is 0 Å². The van der Waals surface area contributed by atoms with Crippen molar-refractivity contribution in [3.63, 3.8) is 0 Å².